The van der Waals surface area contributed by atoms with Crippen LogP contribution in [0.25, 0.3) is 0 Å². The Bertz CT molecular complexity index is 205. The van der Waals surface area contributed by atoms with Crippen LogP contribution in [0.4, 0.5) is 0 Å². The Morgan fingerprint density at radius 1 is 1.45 bits per heavy atom. The van der Waals surface area contributed by atoms with Crippen LogP contribution in [-0.2, 0) is 4.79 Å². The molecule has 0 spiro atoms. The Morgan fingerprint density at radius 2 is 2.00 bits per heavy atom. The Hall–Kier alpha value is -0.590. The topological polar surface area (TPSA) is 17.1 Å². The molecule has 1 atom stereocenters. The number of allylic oxidation sites excluding steroid dienone is 2. The molecule has 0 aromatic carbocycles. The van der Waals surface area contributed by atoms with E-state index in [-0.39, 0.29) is 11.3 Å². The van der Waals surface area contributed by atoms with Crippen molar-refractivity contribution in [1.82, 2.24) is 0 Å². The van der Waals surface area contributed by atoms with Crippen molar-refractivity contribution in [1.29, 1.82) is 0 Å². The third kappa shape index (κ3) is 1.70. The number of hydrogen-bond donors (Lipinski definition) is 0. The summed E-state index contributed by atoms with van der Waals surface area (Å²) in [4.78, 5) is 11.4. The Kier molecular flexibility index (Phi) is 1.91. The monoisotopic (exact) mass is 152 g/mol. The van der Waals surface area contributed by atoms with Crippen molar-refractivity contribution in [3.05, 3.63) is 11.6 Å². The van der Waals surface area contributed by atoms with Gasteiger partial charge in [-0.2, -0.15) is 0 Å². The van der Waals surface area contributed by atoms with Gasteiger partial charge >= 0.3 is 0 Å². The average molecular weight is 152 g/mol. The van der Waals surface area contributed by atoms with Crippen LogP contribution in [0.1, 0.15) is 34.1 Å². The van der Waals surface area contributed by atoms with Crippen molar-refractivity contribution in [2.45, 2.75) is 34.1 Å². The van der Waals surface area contributed by atoms with Crippen LogP contribution in [0, 0.1) is 11.3 Å². The SMILES string of the molecule is CC1=CC(=O)C(C(C)(C)C)C1. The van der Waals surface area contributed by atoms with Crippen molar-refractivity contribution >= 4 is 5.78 Å². The summed E-state index contributed by atoms with van der Waals surface area (Å²) in [5, 5.41) is 0. The fourth-order valence-corrected chi connectivity index (χ4v) is 1.56. The van der Waals surface area contributed by atoms with E-state index in [9.17, 15) is 4.79 Å². The number of rotatable bonds is 0. The summed E-state index contributed by atoms with van der Waals surface area (Å²) in [5.41, 5.74) is 1.36. The molecule has 0 saturated carbocycles. The van der Waals surface area contributed by atoms with Gasteiger partial charge in [-0.1, -0.05) is 26.3 Å². The van der Waals surface area contributed by atoms with Crippen LogP contribution < -0.4 is 0 Å². The van der Waals surface area contributed by atoms with E-state index in [1.165, 1.54) is 5.57 Å². The summed E-state index contributed by atoms with van der Waals surface area (Å²) in [5.74, 6) is 0.539. The van der Waals surface area contributed by atoms with Gasteiger partial charge in [0.2, 0.25) is 0 Å². The van der Waals surface area contributed by atoms with E-state index in [1.807, 2.05) is 6.92 Å². The van der Waals surface area contributed by atoms with Gasteiger partial charge < -0.3 is 0 Å². The van der Waals surface area contributed by atoms with E-state index < -0.39 is 0 Å². The van der Waals surface area contributed by atoms with E-state index in [1.54, 1.807) is 6.08 Å². The van der Waals surface area contributed by atoms with E-state index in [2.05, 4.69) is 20.8 Å². The number of hydrogen-bond acceptors (Lipinski definition) is 1. The predicted octanol–water partition coefficient (Wildman–Crippen LogP) is 2.57. The second-order valence-electron chi connectivity index (χ2n) is 4.52. The zero-order valence-electron chi connectivity index (χ0n) is 7.77. The molecular weight excluding hydrogens is 136 g/mol. The minimum atomic E-state index is 0.130. The Labute approximate surface area is 68.5 Å². The fourth-order valence-electron chi connectivity index (χ4n) is 1.56. The van der Waals surface area contributed by atoms with Gasteiger partial charge in [-0.25, -0.2) is 0 Å². The molecule has 0 fully saturated rings. The first-order valence-corrected chi connectivity index (χ1v) is 4.12. The van der Waals surface area contributed by atoms with Crippen LogP contribution in [0.2, 0.25) is 0 Å². The lowest BCUT2D eigenvalue weighted by Gasteiger charge is -2.25. The van der Waals surface area contributed by atoms with Gasteiger partial charge in [0, 0.05) is 5.92 Å². The molecule has 1 nitrogen and oxygen atoms in total. The average Bonchev–Trinajstić information content (AvgIpc) is 2.08. The standard InChI is InChI=1S/C10H16O/c1-7-5-8(9(11)6-7)10(2,3)4/h6,8H,5H2,1-4H3. The molecule has 62 valence electrons. The lowest BCUT2D eigenvalue weighted by atomic mass is 9.78. The summed E-state index contributed by atoms with van der Waals surface area (Å²) in [6.07, 6.45) is 2.75. The van der Waals surface area contributed by atoms with Crippen LogP contribution in [0.15, 0.2) is 11.6 Å². The molecular formula is C10H16O. The molecule has 1 aliphatic carbocycles. The van der Waals surface area contributed by atoms with Crippen LogP contribution >= 0.6 is 0 Å². The third-order valence-corrected chi connectivity index (χ3v) is 2.30. The van der Waals surface area contributed by atoms with Crippen molar-refractivity contribution < 1.29 is 4.79 Å². The van der Waals surface area contributed by atoms with Gasteiger partial charge in [-0.3, -0.25) is 4.79 Å². The van der Waals surface area contributed by atoms with Crippen molar-refractivity contribution in [3.8, 4) is 0 Å². The molecule has 1 heteroatoms. The van der Waals surface area contributed by atoms with Gasteiger partial charge in [0.05, 0.1) is 0 Å². The maximum Gasteiger partial charge on any atom is 0.159 e. The molecule has 1 aliphatic rings. The van der Waals surface area contributed by atoms with Gasteiger partial charge in [-0.05, 0) is 24.8 Å². The van der Waals surface area contributed by atoms with Gasteiger partial charge in [0.1, 0.15) is 0 Å². The smallest absolute Gasteiger partial charge is 0.159 e. The van der Waals surface area contributed by atoms with Crippen molar-refractivity contribution in [2.75, 3.05) is 0 Å². The third-order valence-electron chi connectivity index (χ3n) is 2.30. The lowest BCUT2D eigenvalue weighted by molar-refractivity contribution is -0.120. The van der Waals surface area contributed by atoms with Crippen LogP contribution in [-0.4, -0.2) is 5.78 Å². The molecule has 1 rings (SSSR count). The molecule has 0 N–H and O–H groups in total. The molecule has 0 bridgehead atoms. The van der Waals surface area contributed by atoms with E-state index in [0.29, 0.717) is 5.78 Å². The van der Waals surface area contributed by atoms with Gasteiger partial charge in [0.25, 0.3) is 0 Å². The first-order chi connectivity index (χ1) is 4.91. The van der Waals surface area contributed by atoms with Crippen LogP contribution in [0.5, 0.6) is 0 Å². The molecule has 0 aromatic rings. The first-order valence-electron chi connectivity index (χ1n) is 4.12. The number of ketones is 1. The normalized spacial score (nSPS) is 25.6. The van der Waals surface area contributed by atoms with Gasteiger partial charge in [0.15, 0.2) is 5.78 Å². The molecule has 11 heavy (non-hydrogen) atoms. The zero-order chi connectivity index (χ0) is 8.65. The molecule has 1 unspecified atom stereocenters. The minimum Gasteiger partial charge on any atom is -0.295 e. The summed E-state index contributed by atoms with van der Waals surface area (Å²) in [6.45, 7) is 8.41. The maximum absolute atomic E-state index is 11.4. The van der Waals surface area contributed by atoms with E-state index in [0.717, 1.165) is 6.42 Å². The van der Waals surface area contributed by atoms with E-state index >= 15 is 0 Å². The Balaban J connectivity index is 2.75. The highest BCUT2D eigenvalue weighted by atomic mass is 16.1. The Morgan fingerprint density at radius 3 is 2.18 bits per heavy atom. The zero-order valence-corrected chi connectivity index (χ0v) is 7.77. The number of carbonyl (C=O) groups is 1. The molecule has 0 saturated heterocycles. The first kappa shape index (κ1) is 8.51. The highest BCUT2D eigenvalue weighted by molar-refractivity contribution is 5.95. The molecule has 0 radical (unpaired) electrons. The quantitative estimate of drug-likeness (QED) is 0.521. The summed E-state index contributed by atoms with van der Waals surface area (Å²) in [7, 11) is 0. The fraction of sp³-hybridized carbons (Fsp3) is 0.700. The highest BCUT2D eigenvalue weighted by Gasteiger charge is 2.33. The van der Waals surface area contributed by atoms with E-state index in [4.69, 9.17) is 0 Å². The highest BCUT2D eigenvalue weighted by Crippen LogP contribution is 2.36. The molecule has 0 aromatic heterocycles. The van der Waals surface area contributed by atoms with Gasteiger partial charge in [-0.15, -0.1) is 0 Å². The summed E-state index contributed by atoms with van der Waals surface area (Å²) < 4.78 is 0. The largest absolute Gasteiger partial charge is 0.295 e. The maximum atomic E-state index is 11.4. The van der Waals surface area contributed by atoms with Crippen molar-refractivity contribution in [2.24, 2.45) is 11.3 Å². The minimum absolute atomic E-state index is 0.130. The molecule has 0 heterocycles. The second kappa shape index (κ2) is 2.47. The number of carbonyl (C=O) groups excluding carboxylic acids is 1. The second-order valence-corrected chi connectivity index (χ2v) is 4.52. The summed E-state index contributed by atoms with van der Waals surface area (Å²) >= 11 is 0. The summed E-state index contributed by atoms with van der Waals surface area (Å²) in [6, 6.07) is 0. The molecule has 0 amide bonds. The molecule has 0 aliphatic heterocycles. The predicted molar refractivity (Wildman–Crippen MR) is 46.3 cm³/mol. The lowest BCUT2D eigenvalue weighted by Crippen LogP contribution is -2.24. The van der Waals surface area contributed by atoms with Crippen LogP contribution in [0.3, 0.4) is 0 Å². The van der Waals surface area contributed by atoms with Crippen molar-refractivity contribution in [3.63, 3.8) is 0 Å².